The van der Waals surface area contributed by atoms with E-state index in [1.165, 1.54) is 12.1 Å². The Labute approximate surface area is 120 Å². The van der Waals surface area contributed by atoms with E-state index in [-0.39, 0.29) is 5.69 Å². The molecule has 0 bridgehead atoms. The van der Waals surface area contributed by atoms with E-state index < -0.39 is 16.9 Å². The van der Waals surface area contributed by atoms with Crippen molar-refractivity contribution in [1.82, 2.24) is 10.6 Å². The molecule has 0 saturated heterocycles. The van der Waals surface area contributed by atoms with E-state index in [1.807, 2.05) is 0 Å². The Bertz CT molecular complexity index is 641. The Morgan fingerprint density at radius 2 is 2.20 bits per heavy atom. The van der Waals surface area contributed by atoms with E-state index in [9.17, 15) is 14.9 Å². The highest BCUT2D eigenvalue weighted by Crippen LogP contribution is 2.28. The van der Waals surface area contributed by atoms with Gasteiger partial charge in [-0.05, 0) is 24.7 Å². The van der Waals surface area contributed by atoms with Crippen molar-refractivity contribution in [2.45, 2.75) is 13.0 Å². The van der Waals surface area contributed by atoms with E-state index in [0.29, 0.717) is 21.9 Å². The molecule has 1 amide bonds. The van der Waals surface area contributed by atoms with E-state index in [0.717, 1.165) is 0 Å². The summed E-state index contributed by atoms with van der Waals surface area (Å²) >= 11 is 5.04. The average Bonchev–Trinajstić information content (AvgIpc) is 2.37. The Morgan fingerprint density at radius 3 is 2.80 bits per heavy atom. The molecule has 0 aliphatic carbocycles. The van der Waals surface area contributed by atoms with Crippen molar-refractivity contribution in [3.05, 3.63) is 51.2 Å². The normalized spacial score (nSPS) is 18.2. The van der Waals surface area contributed by atoms with Crippen LogP contribution in [0.3, 0.4) is 0 Å². The number of nitro groups is 1. The van der Waals surface area contributed by atoms with Crippen molar-refractivity contribution in [2.75, 3.05) is 0 Å². The van der Waals surface area contributed by atoms with Crippen LogP contribution in [0.5, 0.6) is 0 Å². The van der Waals surface area contributed by atoms with Crippen LogP contribution in [0.4, 0.5) is 5.69 Å². The van der Waals surface area contributed by atoms with Gasteiger partial charge in [-0.3, -0.25) is 14.9 Å². The zero-order chi connectivity index (χ0) is 14.9. The second kappa shape index (κ2) is 5.25. The summed E-state index contributed by atoms with van der Waals surface area (Å²) in [6.45, 7) is 1.68. The molecule has 1 aliphatic rings. The van der Waals surface area contributed by atoms with Gasteiger partial charge in [0.1, 0.15) is 0 Å². The molecule has 8 heteroatoms. The summed E-state index contributed by atoms with van der Waals surface area (Å²) in [6.07, 6.45) is 0. The zero-order valence-electron chi connectivity index (χ0n) is 10.5. The van der Waals surface area contributed by atoms with Gasteiger partial charge >= 0.3 is 0 Å². The average molecular weight is 292 g/mol. The van der Waals surface area contributed by atoms with Crippen LogP contribution in [0.15, 0.2) is 35.5 Å². The van der Waals surface area contributed by atoms with Gasteiger partial charge in [-0.1, -0.05) is 12.1 Å². The summed E-state index contributed by atoms with van der Waals surface area (Å²) in [5.41, 5.74) is 6.71. The highest BCUT2D eigenvalue weighted by Gasteiger charge is 2.29. The number of allylic oxidation sites excluding steroid dienone is 1. The minimum Gasteiger partial charge on any atom is -0.366 e. The van der Waals surface area contributed by atoms with Crippen LogP contribution in [-0.4, -0.2) is 15.9 Å². The quantitative estimate of drug-likeness (QED) is 0.433. The number of carbonyl (C=O) groups is 1. The van der Waals surface area contributed by atoms with Gasteiger partial charge in [0.05, 0.1) is 16.5 Å². The summed E-state index contributed by atoms with van der Waals surface area (Å²) in [5, 5.41) is 16.9. The van der Waals surface area contributed by atoms with Crippen molar-refractivity contribution >= 4 is 28.9 Å². The summed E-state index contributed by atoms with van der Waals surface area (Å²) < 4.78 is 0. The molecule has 0 unspecified atom stereocenters. The molecule has 7 nitrogen and oxygen atoms in total. The molecule has 0 fully saturated rings. The minimum atomic E-state index is -0.610. The van der Waals surface area contributed by atoms with Crippen LogP contribution >= 0.6 is 12.2 Å². The van der Waals surface area contributed by atoms with Crippen molar-refractivity contribution in [3.63, 3.8) is 0 Å². The molecule has 0 radical (unpaired) electrons. The first kappa shape index (κ1) is 13.9. The first-order valence-corrected chi connectivity index (χ1v) is 6.13. The summed E-state index contributed by atoms with van der Waals surface area (Å²) in [7, 11) is 0. The highest BCUT2D eigenvalue weighted by molar-refractivity contribution is 7.80. The van der Waals surface area contributed by atoms with Crippen molar-refractivity contribution in [3.8, 4) is 0 Å². The fraction of sp³-hybridized carbons (Fsp3) is 0.167. The summed E-state index contributed by atoms with van der Waals surface area (Å²) in [4.78, 5) is 21.9. The maximum Gasteiger partial charge on any atom is 0.269 e. The SMILES string of the molecule is CC1=C(C(N)=O)[C@@H](c2cccc([N+](=O)[O-])c2)NC(=S)N1. The molecule has 0 saturated carbocycles. The molecule has 1 aliphatic heterocycles. The molecule has 20 heavy (non-hydrogen) atoms. The second-order valence-corrected chi connectivity index (χ2v) is 4.69. The Hall–Kier alpha value is -2.48. The predicted molar refractivity (Wildman–Crippen MR) is 76.6 cm³/mol. The highest BCUT2D eigenvalue weighted by atomic mass is 32.1. The van der Waals surface area contributed by atoms with Crippen molar-refractivity contribution < 1.29 is 9.72 Å². The molecule has 1 aromatic rings. The first-order valence-electron chi connectivity index (χ1n) is 5.72. The lowest BCUT2D eigenvalue weighted by molar-refractivity contribution is -0.384. The smallest absolute Gasteiger partial charge is 0.269 e. The van der Waals surface area contributed by atoms with Gasteiger partial charge in [0.25, 0.3) is 5.69 Å². The summed E-state index contributed by atoms with van der Waals surface area (Å²) in [5.74, 6) is -0.610. The number of non-ortho nitro benzene ring substituents is 1. The van der Waals surface area contributed by atoms with E-state index in [1.54, 1.807) is 19.1 Å². The molecule has 0 spiro atoms. The lowest BCUT2D eigenvalue weighted by Gasteiger charge is -2.29. The Morgan fingerprint density at radius 1 is 1.50 bits per heavy atom. The van der Waals surface area contributed by atoms with E-state index in [2.05, 4.69) is 10.6 Å². The number of nitrogens with two attached hydrogens (primary N) is 1. The van der Waals surface area contributed by atoms with Gasteiger partial charge in [-0.25, -0.2) is 0 Å². The number of benzene rings is 1. The van der Waals surface area contributed by atoms with Crippen LogP contribution in [0.2, 0.25) is 0 Å². The first-order chi connectivity index (χ1) is 9.40. The second-order valence-electron chi connectivity index (χ2n) is 4.29. The van der Waals surface area contributed by atoms with Crippen LogP contribution in [-0.2, 0) is 4.79 Å². The predicted octanol–water partition coefficient (Wildman–Crippen LogP) is 0.873. The van der Waals surface area contributed by atoms with Gasteiger partial charge in [-0.15, -0.1) is 0 Å². The van der Waals surface area contributed by atoms with E-state index in [4.69, 9.17) is 18.0 Å². The van der Waals surface area contributed by atoms with Crippen LogP contribution in [0.25, 0.3) is 0 Å². The van der Waals surface area contributed by atoms with Gasteiger partial charge in [0, 0.05) is 17.8 Å². The topological polar surface area (TPSA) is 110 Å². The van der Waals surface area contributed by atoms with Crippen LogP contribution in [0, 0.1) is 10.1 Å². The third kappa shape index (κ3) is 2.59. The maximum atomic E-state index is 11.6. The van der Waals surface area contributed by atoms with Gasteiger partial charge in [0.15, 0.2) is 5.11 Å². The van der Waals surface area contributed by atoms with Crippen LogP contribution in [0.1, 0.15) is 18.5 Å². The third-order valence-corrected chi connectivity index (χ3v) is 3.17. The molecule has 104 valence electrons. The molecule has 1 atom stereocenters. The number of amides is 1. The molecular weight excluding hydrogens is 280 g/mol. The Kier molecular flexibility index (Phi) is 3.66. The minimum absolute atomic E-state index is 0.0600. The van der Waals surface area contributed by atoms with Crippen LogP contribution < -0.4 is 16.4 Å². The molecule has 1 heterocycles. The zero-order valence-corrected chi connectivity index (χ0v) is 11.4. The molecule has 4 N–H and O–H groups in total. The Balaban J connectivity index is 2.51. The van der Waals surface area contributed by atoms with Gasteiger partial charge in [-0.2, -0.15) is 0 Å². The third-order valence-electron chi connectivity index (χ3n) is 2.95. The number of thiocarbonyl (C=S) groups is 1. The molecule has 0 aromatic heterocycles. The molecule has 1 aromatic carbocycles. The summed E-state index contributed by atoms with van der Waals surface area (Å²) in [6, 6.07) is 5.40. The maximum absolute atomic E-state index is 11.6. The fourth-order valence-electron chi connectivity index (χ4n) is 2.09. The molecule has 2 rings (SSSR count). The van der Waals surface area contributed by atoms with Gasteiger partial charge < -0.3 is 16.4 Å². The number of nitro benzene ring substituents is 1. The lowest BCUT2D eigenvalue weighted by Crippen LogP contribution is -2.46. The number of primary amides is 1. The largest absolute Gasteiger partial charge is 0.366 e. The fourth-order valence-corrected chi connectivity index (χ4v) is 2.36. The number of nitrogens with one attached hydrogen (secondary N) is 2. The standard InChI is InChI=1S/C12H12N4O3S/c1-6-9(11(13)17)10(15-12(20)14-6)7-3-2-4-8(5-7)16(18)19/h2-5,10H,1H3,(H2,13,17)(H2,14,15,20)/t10-/m1/s1. The number of carbonyl (C=O) groups excluding carboxylic acids is 1. The molecular formula is C12H12N4O3S. The monoisotopic (exact) mass is 292 g/mol. The number of hydrogen-bond donors (Lipinski definition) is 3. The number of rotatable bonds is 3. The van der Waals surface area contributed by atoms with E-state index >= 15 is 0 Å². The number of nitrogens with zero attached hydrogens (tertiary/aromatic N) is 1. The number of hydrogen-bond acceptors (Lipinski definition) is 4. The van der Waals surface area contributed by atoms with Gasteiger partial charge in [0.2, 0.25) is 5.91 Å². The van der Waals surface area contributed by atoms with Crippen molar-refractivity contribution in [1.29, 1.82) is 0 Å². The van der Waals surface area contributed by atoms with Crippen molar-refractivity contribution in [2.24, 2.45) is 5.73 Å². The lowest BCUT2D eigenvalue weighted by atomic mass is 9.95.